The van der Waals surface area contributed by atoms with Gasteiger partial charge in [-0.15, -0.1) is 22.7 Å². The number of amides is 1. The van der Waals surface area contributed by atoms with Gasteiger partial charge in [-0.2, -0.15) is 0 Å². The molecule has 7 heteroatoms. The normalized spacial score (nSPS) is 17.7. The monoisotopic (exact) mass is 445 g/mol. The lowest BCUT2D eigenvalue weighted by Gasteiger charge is -2.26. The van der Waals surface area contributed by atoms with Gasteiger partial charge >= 0.3 is 0 Å². The second kappa shape index (κ2) is 9.39. The summed E-state index contributed by atoms with van der Waals surface area (Å²) in [5.74, 6) is 0.231. The Morgan fingerprint density at radius 1 is 1.24 bits per heavy atom. The lowest BCUT2D eigenvalue weighted by atomic mass is 10.1. The van der Waals surface area contributed by atoms with Crippen LogP contribution in [0.1, 0.15) is 30.5 Å². The number of hydrogen-bond acceptors (Lipinski definition) is 5. The summed E-state index contributed by atoms with van der Waals surface area (Å²) in [4.78, 5) is 23.0. The van der Waals surface area contributed by atoms with Crippen molar-refractivity contribution in [1.82, 2.24) is 14.8 Å². The Bertz CT molecular complexity index is 957. The van der Waals surface area contributed by atoms with Crippen LogP contribution in [0.15, 0.2) is 47.2 Å². The van der Waals surface area contributed by atoms with Gasteiger partial charge in [-0.25, -0.2) is 4.98 Å². The predicted octanol–water partition coefficient (Wildman–Crippen LogP) is 5.54. The third-order valence-electron chi connectivity index (χ3n) is 5.36. The molecule has 0 aliphatic carbocycles. The summed E-state index contributed by atoms with van der Waals surface area (Å²) >= 11 is 9.52. The first kappa shape index (κ1) is 20.5. The van der Waals surface area contributed by atoms with E-state index in [1.807, 2.05) is 29.2 Å². The van der Waals surface area contributed by atoms with Gasteiger partial charge in [0.25, 0.3) is 0 Å². The van der Waals surface area contributed by atoms with Crippen LogP contribution in [0.3, 0.4) is 0 Å². The molecule has 3 heterocycles. The van der Waals surface area contributed by atoms with E-state index < -0.39 is 0 Å². The molecule has 29 heavy (non-hydrogen) atoms. The second-order valence-electron chi connectivity index (χ2n) is 7.46. The molecule has 0 bridgehead atoms. The molecular formula is C22H24ClN3OS2. The molecule has 0 saturated carbocycles. The van der Waals surface area contributed by atoms with Gasteiger partial charge in [-0.1, -0.05) is 29.8 Å². The van der Waals surface area contributed by atoms with Crippen LogP contribution < -0.4 is 0 Å². The highest BCUT2D eigenvalue weighted by molar-refractivity contribution is 7.20. The van der Waals surface area contributed by atoms with Gasteiger partial charge in [0, 0.05) is 42.5 Å². The molecule has 1 unspecified atom stereocenters. The minimum atomic E-state index is 0.231. The molecule has 0 spiro atoms. The summed E-state index contributed by atoms with van der Waals surface area (Å²) in [6, 6.07) is 12.3. The third-order valence-corrected chi connectivity index (χ3v) is 7.52. The number of thiophene rings is 1. The summed E-state index contributed by atoms with van der Waals surface area (Å²) in [7, 11) is 2.14. The smallest absolute Gasteiger partial charge is 0.222 e. The number of thiazole rings is 1. The number of likely N-dealkylation sites (tertiary alicyclic amines) is 1. The molecule has 1 aliphatic heterocycles. The lowest BCUT2D eigenvalue weighted by molar-refractivity contribution is -0.131. The second-order valence-corrected chi connectivity index (χ2v) is 9.71. The summed E-state index contributed by atoms with van der Waals surface area (Å²) in [6.07, 6.45) is 2.46. The molecule has 152 valence electrons. The Kier molecular flexibility index (Phi) is 6.65. The molecule has 1 fully saturated rings. The van der Waals surface area contributed by atoms with Gasteiger partial charge in [0.1, 0.15) is 5.01 Å². The van der Waals surface area contributed by atoms with Gasteiger partial charge in [0.15, 0.2) is 0 Å². The molecule has 0 radical (unpaired) electrons. The van der Waals surface area contributed by atoms with Crippen molar-refractivity contribution in [3.05, 3.63) is 63.4 Å². The predicted molar refractivity (Wildman–Crippen MR) is 121 cm³/mol. The number of aromatic nitrogens is 1. The third kappa shape index (κ3) is 5.25. The highest BCUT2D eigenvalue weighted by Gasteiger charge is 2.25. The Labute approximate surface area is 184 Å². The first-order chi connectivity index (χ1) is 14.1. The van der Waals surface area contributed by atoms with Crippen LogP contribution in [-0.2, 0) is 17.9 Å². The van der Waals surface area contributed by atoms with Gasteiger partial charge in [-0.05, 0) is 49.0 Å². The topological polar surface area (TPSA) is 36.4 Å². The van der Waals surface area contributed by atoms with Gasteiger partial charge in [-0.3, -0.25) is 9.69 Å². The fourth-order valence-electron chi connectivity index (χ4n) is 3.76. The van der Waals surface area contributed by atoms with E-state index in [1.165, 1.54) is 4.88 Å². The van der Waals surface area contributed by atoms with Crippen molar-refractivity contribution >= 4 is 40.2 Å². The number of nitrogens with zero attached hydrogens (tertiary/aromatic N) is 3. The lowest BCUT2D eigenvalue weighted by Crippen LogP contribution is -2.33. The molecule has 4 rings (SSSR count). The van der Waals surface area contributed by atoms with Crippen LogP contribution in [0.2, 0.25) is 5.02 Å². The number of carbonyl (C=O) groups excluding carboxylic acids is 1. The summed E-state index contributed by atoms with van der Waals surface area (Å²) < 4.78 is 0. The van der Waals surface area contributed by atoms with Gasteiger partial charge in [0.2, 0.25) is 5.91 Å². The van der Waals surface area contributed by atoms with E-state index in [2.05, 4.69) is 34.8 Å². The maximum Gasteiger partial charge on any atom is 0.222 e. The number of hydrogen-bond donors (Lipinski definition) is 0. The fourth-order valence-corrected chi connectivity index (χ4v) is 5.60. The molecule has 1 atom stereocenters. The summed E-state index contributed by atoms with van der Waals surface area (Å²) in [6.45, 7) is 2.22. The van der Waals surface area contributed by atoms with Crippen LogP contribution >= 0.6 is 34.3 Å². The molecule has 1 aliphatic rings. The molecule has 4 nitrogen and oxygen atoms in total. The summed E-state index contributed by atoms with van der Waals surface area (Å²) in [5, 5.41) is 6.04. The van der Waals surface area contributed by atoms with Crippen LogP contribution in [0.25, 0.3) is 9.88 Å². The van der Waals surface area contributed by atoms with Crippen molar-refractivity contribution in [2.24, 2.45) is 0 Å². The van der Waals surface area contributed by atoms with Crippen LogP contribution in [-0.4, -0.2) is 40.3 Å². The quantitative estimate of drug-likeness (QED) is 0.500. The molecule has 1 amide bonds. The average molecular weight is 446 g/mol. The first-order valence-corrected chi connectivity index (χ1v) is 11.9. The average Bonchev–Trinajstić information content (AvgIpc) is 3.35. The van der Waals surface area contributed by atoms with E-state index in [0.717, 1.165) is 42.2 Å². The van der Waals surface area contributed by atoms with Gasteiger partial charge in [0.05, 0.1) is 10.6 Å². The SMILES string of the molecule is CN(Cc1csc(-c2cccs2)n1)C1CCC(=O)N(Cc2cccc(Cl)c2)CC1. The maximum absolute atomic E-state index is 12.6. The van der Waals surface area contributed by atoms with E-state index >= 15 is 0 Å². The number of benzene rings is 1. The van der Waals surface area contributed by atoms with E-state index in [-0.39, 0.29) is 5.91 Å². The first-order valence-electron chi connectivity index (χ1n) is 9.79. The number of rotatable bonds is 6. The minimum absolute atomic E-state index is 0.231. The molecule has 1 saturated heterocycles. The number of carbonyl (C=O) groups is 1. The van der Waals surface area contributed by atoms with E-state index in [0.29, 0.717) is 24.0 Å². The minimum Gasteiger partial charge on any atom is -0.338 e. The molecule has 3 aromatic rings. The molecular weight excluding hydrogens is 422 g/mol. The number of halogens is 1. The Morgan fingerprint density at radius 3 is 2.93 bits per heavy atom. The van der Waals surface area contributed by atoms with Gasteiger partial charge < -0.3 is 4.90 Å². The van der Waals surface area contributed by atoms with E-state index in [1.54, 1.807) is 22.7 Å². The zero-order valence-corrected chi connectivity index (χ0v) is 18.8. The van der Waals surface area contributed by atoms with Crippen molar-refractivity contribution in [2.45, 2.75) is 38.4 Å². The molecule has 1 aromatic carbocycles. The zero-order chi connectivity index (χ0) is 20.2. The molecule has 2 aromatic heterocycles. The van der Waals surface area contributed by atoms with Crippen molar-refractivity contribution in [3.8, 4) is 9.88 Å². The van der Waals surface area contributed by atoms with E-state index in [4.69, 9.17) is 16.6 Å². The highest BCUT2D eigenvalue weighted by atomic mass is 35.5. The summed E-state index contributed by atoms with van der Waals surface area (Å²) in [5.41, 5.74) is 2.19. The largest absolute Gasteiger partial charge is 0.338 e. The fraction of sp³-hybridized carbons (Fsp3) is 0.364. The van der Waals surface area contributed by atoms with Crippen LogP contribution in [0.5, 0.6) is 0 Å². The van der Waals surface area contributed by atoms with E-state index in [9.17, 15) is 4.79 Å². The van der Waals surface area contributed by atoms with Crippen molar-refractivity contribution in [2.75, 3.05) is 13.6 Å². The van der Waals surface area contributed by atoms with Crippen molar-refractivity contribution < 1.29 is 4.79 Å². The zero-order valence-electron chi connectivity index (χ0n) is 16.4. The van der Waals surface area contributed by atoms with Crippen LogP contribution in [0, 0.1) is 0 Å². The highest BCUT2D eigenvalue weighted by Crippen LogP contribution is 2.29. The van der Waals surface area contributed by atoms with Crippen molar-refractivity contribution in [3.63, 3.8) is 0 Å². The Balaban J connectivity index is 1.35. The van der Waals surface area contributed by atoms with Crippen molar-refractivity contribution in [1.29, 1.82) is 0 Å². The Hall–Kier alpha value is -1.73. The standard InChI is InChI=1S/C22H24ClN3OS2/c1-25(14-18-15-29-22(24-18)20-6-3-11-28-20)19-7-8-21(27)26(10-9-19)13-16-4-2-5-17(23)12-16/h2-6,11-12,15,19H,7-10,13-14H2,1H3. The van der Waals surface area contributed by atoms with Crippen LogP contribution in [0.4, 0.5) is 0 Å². The Morgan fingerprint density at radius 2 is 2.14 bits per heavy atom. The maximum atomic E-state index is 12.6. The molecule has 0 N–H and O–H groups in total.